The highest BCUT2D eigenvalue weighted by atomic mass is 19.1. The number of benzene rings is 1. The van der Waals surface area contributed by atoms with Crippen molar-refractivity contribution < 1.29 is 8.78 Å². The van der Waals surface area contributed by atoms with Crippen molar-refractivity contribution in [2.24, 2.45) is 11.1 Å². The summed E-state index contributed by atoms with van der Waals surface area (Å²) in [6.45, 7) is 6.09. The van der Waals surface area contributed by atoms with Crippen molar-refractivity contribution in [3.05, 3.63) is 47.8 Å². The number of nitrogens with two attached hydrogens (primary N) is 1. The summed E-state index contributed by atoms with van der Waals surface area (Å²) in [5.41, 5.74) is 7.68. The lowest BCUT2D eigenvalue weighted by Gasteiger charge is -2.26. The van der Waals surface area contributed by atoms with Gasteiger partial charge in [-0.3, -0.25) is 0 Å². The Morgan fingerprint density at radius 3 is 2.47 bits per heavy atom. The van der Waals surface area contributed by atoms with Gasteiger partial charge in [-0.15, -0.1) is 0 Å². The van der Waals surface area contributed by atoms with E-state index in [0.29, 0.717) is 5.56 Å². The summed E-state index contributed by atoms with van der Waals surface area (Å²) in [7, 11) is 0. The molecule has 0 aliphatic heterocycles. The minimum atomic E-state index is -0.459. The largest absolute Gasteiger partial charge is 0.363 e. The Kier molecular flexibility index (Phi) is 3.45. The van der Waals surface area contributed by atoms with Gasteiger partial charge in [0.05, 0.1) is 0 Å². The molecule has 2 nitrogen and oxygen atoms in total. The molecule has 0 radical (unpaired) electrons. The predicted molar refractivity (Wildman–Crippen MR) is 72.5 cm³/mol. The van der Waals surface area contributed by atoms with Crippen molar-refractivity contribution in [1.82, 2.24) is 4.98 Å². The van der Waals surface area contributed by atoms with Crippen LogP contribution in [0.4, 0.5) is 8.78 Å². The number of aromatic nitrogens is 1. The zero-order valence-corrected chi connectivity index (χ0v) is 11.3. The molecule has 1 atom stereocenters. The second-order valence-corrected chi connectivity index (χ2v) is 5.81. The fourth-order valence-electron chi connectivity index (χ4n) is 1.93. The fourth-order valence-corrected chi connectivity index (χ4v) is 1.93. The molecule has 0 bridgehead atoms. The third-order valence-electron chi connectivity index (χ3n) is 3.21. The smallest absolute Gasteiger partial charge is 0.131 e. The van der Waals surface area contributed by atoms with Crippen LogP contribution in [0.5, 0.6) is 0 Å². The van der Waals surface area contributed by atoms with Gasteiger partial charge in [0, 0.05) is 29.1 Å². The Balaban J connectivity index is 2.39. The van der Waals surface area contributed by atoms with E-state index in [1.54, 1.807) is 12.3 Å². The molecule has 4 heteroatoms. The Morgan fingerprint density at radius 2 is 1.84 bits per heavy atom. The lowest BCUT2D eigenvalue weighted by molar-refractivity contribution is 0.322. The zero-order chi connectivity index (χ0) is 14.2. The Bertz CT molecular complexity index is 582. The van der Waals surface area contributed by atoms with E-state index in [-0.39, 0.29) is 17.0 Å². The van der Waals surface area contributed by atoms with E-state index in [1.807, 2.05) is 20.8 Å². The van der Waals surface area contributed by atoms with Crippen LogP contribution in [-0.2, 0) is 0 Å². The molecule has 0 unspecified atom stereocenters. The minimum Gasteiger partial charge on any atom is -0.363 e. The number of rotatable bonds is 2. The first-order valence-corrected chi connectivity index (χ1v) is 6.18. The van der Waals surface area contributed by atoms with Crippen LogP contribution in [0.1, 0.15) is 32.5 Å². The molecule has 1 aromatic heterocycles. The van der Waals surface area contributed by atoms with Crippen LogP contribution in [0, 0.1) is 17.0 Å². The number of halogens is 2. The third kappa shape index (κ3) is 2.84. The average molecular weight is 264 g/mol. The first-order valence-electron chi connectivity index (χ1n) is 6.18. The summed E-state index contributed by atoms with van der Waals surface area (Å²) >= 11 is 0. The lowest BCUT2D eigenvalue weighted by atomic mass is 9.85. The molecule has 19 heavy (non-hydrogen) atoms. The molecule has 102 valence electrons. The number of H-pyrrole nitrogens is 1. The molecule has 0 spiro atoms. The Hall–Kier alpha value is -1.68. The monoisotopic (exact) mass is 264 g/mol. The van der Waals surface area contributed by atoms with Crippen molar-refractivity contribution in [2.45, 2.75) is 26.8 Å². The van der Waals surface area contributed by atoms with Crippen LogP contribution in [0.2, 0.25) is 0 Å². The number of aromatic amines is 1. The quantitative estimate of drug-likeness (QED) is 0.845. The van der Waals surface area contributed by atoms with E-state index in [0.717, 1.165) is 17.8 Å². The maximum Gasteiger partial charge on any atom is 0.131 e. The molecule has 0 saturated carbocycles. The van der Waals surface area contributed by atoms with Crippen LogP contribution in [-0.4, -0.2) is 4.98 Å². The van der Waals surface area contributed by atoms with Gasteiger partial charge in [0.15, 0.2) is 0 Å². The normalized spacial score (nSPS) is 13.6. The van der Waals surface area contributed by atoms with Gasteiger partial charge in [0.2, 0.25) is 0 Å². The molecule has 0 saturated heterocycles. The SMILES string of the molecule is CC(C)(C)[C@@H](N)c1cc(-c2cc(F)ccc2F)c[nH]1. The molecule has 3 N–H and O–H groups in total. The van der Waals surface area contributed by atoms with Crippen LogP contribution < -0.4 is 5.73 Å². The van der Waals surface area contributed by atoms with Gasteiger partial charge < -0.3 is 10.7 Å². The summed E-state index contributed by atoms with van der Waals surface area (Å²) in [6, 6.07) is 4.99. The standard InChI is InChI=1S/C15H18F2N2/c1-15(2,3)14(18)13-6-9(8-19-13)11-7-10(16)4-5-12(11)17/h4-8,14,19H,18H2,1-3H3/t14-/m0/s1. The number of hydrogen-bond acceptors (Lipinski definition) is 1. The molecule has 2 rings (SSSR count). The van der Waals surface area contributed by atoms with E-state index in [1.165, 1.54) is 6.07 Å². The van der Waals surface area contributed by atoms with Gasteiger partial charge in [0.1, 0.15) is 11.6 Å². The van der Waals surface area contributed by atoms with E-state index in [2.05, 4.69) is 4.98 Å². The van der Waals surface area contributed by atoms with Crippen molar-refractivity contribution in [3.63, 3.8) is 0 Å². The molecule has 0 aliphatic carbocycles. The van der Waals surface area contributed by atoms with Crippen LogP contribution >= 0.6 is 0 Å². The van der Waals surface area contributed by atoms with Gasteiger partial charge in [-0.2, -0.15) is 0 Å². The van der Waals surface area contributed by atoms with Gasteiger partial charge in [0.25, 0.3) is 0 Å². The summed E-state index contributed by atoms with van der Waals surface area (Å²) in [4.78, 5) is 3.04. The Morgan fingerprint density at radius 1 is 1.16 bits per heavy atom. The van der Waals surface area contributed by atoms with Crippen molar-refractivity contribution in [2.75, 3.05) is 0 Å². The van der Waals surface area contributed by atoms with Gasteiger partial charge in [-0.25, -0.2) is 8.78 Å². The maximum absolute atomic E-state index is 13.7. The van der Waals surface area contributed by atoms with Gasteiger partial charge in [-0.1, -0.05) is 20.8 Å². The second kappa shape index (κ2) is 4.78. The molecule has 1 heterocycles. The average Bonchev–Trinajstić information content (AvgIpc) is 2.79. The third-order valence-corrected chi connectivity index (χ3v) is 3.21. The molecule has 0 fully saturated rings. The first-order chi connectivity index (χ1) is 8.79. The number of hydrogen-bond donors (Lipinski definition) is 2. The van der Waals surface area contributed by atoms with Crippen LogP contribution in [0.3, 0.4) is 0 Å². The molecular formula is C15H18F2N2. The topological polar surface area (TPSA) is 41.8 Å². The Labute approximate surface area is 111 Å². The molecule has 1 aromatic carbocycles. The zero-order valence-electron chi connectivity index (χ0n) is 11.3. The molecule has 0 aliphatic rings. The second-order valence-electron chi connectivity index (χ2n) is 5.81. The summed E-state index contributed by atoms with van der Waals surface area (Å²) in [5.74, 6) is -0.907. The summed E-state index contributed by atoms with van der Waals surface area (Å²) < 4.78 is 26.9. The maximum atomic E-state index is 13.7. The number of nitrogens with one attached hydrogen (secondary N) is 1. The van der Waals surface area contributed by atoms with E-state index in [4.69, 9.17) is 5.73 Å². The lowest BCUT2D eigenvalue weighted by Crippen LogP contribution is -2.26. The summed E-state index contributed by atoms with van der Waals surface area (Å²) in [5, 5.41) is 0. The minimum absolute atomic E-state index is 0.109. The summed E-state index contributed by atoms with van der Waals surface area (Å²) in [6.07, 6.45) is 1.65. The van der Waals surface area contributed by atoms with Crippen molar-refractivity contribution >= 4 is 0 Å². The van der Waals surface area contributed by atoms with Crippen molar-refractivity contribution in [3.8, 4) is 11.1 Å². The highest BCUT2D eigenvalue weighted by molar-refractivity contribution is 5.64. The van der Waals surface area contributed by atoms with E-state index in [9.17, 15) is 8.78 Å². The highest BCUT2D eigenvalue weighted by Crippen LogP contribution is 2.32. The van der Waals surface area contributed by atoms with Crippen LogP contribution in [0.15, 0.2) is 30.5 Å². The van der Waals surface area contributed by atoms with Crippen molar-refractivity contribution in [1.29, 1.82) is 0 Å². The van der Waals surface area contributed by atoms with Crippen LogP contribution in [0.25, 0.3) is 11.1 Å². The highest BCUT2D eigenvalue weighted by Gasteiger charge is 2.24. The molecule has 2 aromatic rings. The van der Waals surface area contributed by atoms with Gasteiger partial charge in [-0.05, 0) is 29.7 Å². The van der Waals surface area contributed by atoms with Gasteiger partial charge >= 0.3 is 0 Å². The molecular weight excluding hydrogens is 246 g/mol. The van der Waals surface area contributed by atoms with E-state index < -0.39 is 11.6 Å². The fraction of sp³-hybridized carbons (Fsp3) is 0.333. The first kappa shape index (κ1) is 13.7. The predicted octanol–water partition coefficient (Wildman–Crippen LogP) is 4.01. The molecule has 0 amide bonds. The van der Waals surface area contributed by atoms with E-state index >= 15 is 0 Å².